The second-order valence-electron chi connectivity index (χ2n) is 4.56. The van der Waals surface area contributed by atoms with Crippen LogP contribution in [0.4, 0.5) is 14.9 Å². The summed E-state index contributed by atoms with van der Waals surface area (Å²) < 4.78 is 14.0. The van der Waals surface area contributed by atoms with Crippen LogP contribution in [0.3, 0.4) is 0 Å². The molecule has 0 atom stereocenters. The van der Waals surface area contributed by atoms with E-state index in [9.17, 15) is 14.3 Å². The third-order valence-electron chi connectivity index (χ3n) is 3.31. The number of hydrogen-bond donors (Lipinski definition) is 2. The zero-order chi connectivity index (χ0) is 14.3. The van der Waals surface area contributed by atoms with Gasteiger partial charge in [-0.15, -0.1) is 0 Å². The average Bonchev–Trinajstić information content (AvgIpc) is 2.85. The molecule has 5 nitrogen and oxygen atoms in total. The van der Waals surface area contributed by atoms with Gasteiger partial charge in [-0.3, -0.25) is 10.00 Å². The fraction of sp³-hybridized carbons (Fsp3) is 0.231. The van der Waals surface area contributed by atoms with Gasteiger partial charge < -0.3 is 5.11 Å². The number of aromatic nitrogens is 2. The van der Waals surface area contributed by atoms with Gasteiger partial charge in [-0.1, -0.05) is 11.6 Å². The number of benzene rings is 1. The van der Waals surface area contributed by atoms with Gasteiger partial charge >= 0.3 is 6.09 Å². The molecule has 7 heteroatoms. The largest absolute Gasteiger partial charge is 0.465 e. The quantitative estimate of drug-likeness (QED) is 0.848. The second-order valence-corrected chi connectivity index (χ2v) is 5.00. The fourth-order valence-electron chi connectivity index (χ4n) is 2.42. The van der Waals surface area contributed by atoms with E-state index >= 15 is 0 Å². The first-order valence-electron chi connectivity index (χ1n) is 6.11. The highest BCUT2D eigenvalue weighted by Gasteiger charge is 2.29. The first-order valence-corrected chi connectivity index (χ1v) is 6.49. The molecule has 0 radical (unpaired) electrons. The number of aromatic amines is 1. The maximum Gasteiger partial charge on any atom is 0.411 e. The Hall–Kier alpha value is -2.08. The minimum absolute atomic E-state index is 0.197. The van der Waals surface area contributed by atoms with Crippen molar-refractivity contribution in [1.82, 2.24) is 10.2 Å². The predicted molar refractivity (Wildman–Crippen MR) is 72.7 cm³/mol. The molecule has 0 bridgehead atoms. The van der Waals surface area contributed by atoms with E-state index in [1.54, 1.807) is 0 Å². The van der Waals surface area contributed by atoms with Crippen molar-refractivity contribution < 1.29 is 14.3 Å². The van der Waals surface area contributed by atoms with Crippen LogP contribution in [-0.4, -0.2) is 27.9 Å². The van der Waals surface area contributed by atoms with Gasteiger partial charge in [0.15, 0.2) is 0 Å². The molecule has 0 spiro atoms. The molecule has 104 valence electrons. The van der Waals surface area contributed by atoms with Crippen LogP contribution in [-0.2, 0) is 6.42 Å². The van der Waals surface area contributed by atoms with E-state index in [0.29, 0.717) is 35.8 Å². The molecule has 1 aliphatic rings. The van der Waals surface area contributed by atoms with Crippen molar-refractivity contribution >= 4 is 23.4 Å². The van der Waals surface area contributed by atoms with Gasteiger partial charge in [0.05, 0.1) is 11.4 Å². The summed E-state index contributed by atoms with van der Waals surface area (Å²) >= 11 is 5.88. The van der Waals surface area contributed by atoms with E-state index in [4.69, 9.17) is 11.6 Å². The second kappa shape index (κ2) is 4.79. The molecule has 0 aliphatic carbocycles. The molecule has 20 heavy (non-hydrogen) atoms. The Balaban J connectivity index is 2.19. The summed E-state index contributed by atoms with van der Waals surface area (Å²) in [6, 6.07) is 4.13. The monoisotopic (exact) mass is 295 g/mol. The Morgan fingerprint density at radius 2 is 2.30 bits per heavy atom. The molecule has 1 aromatic heterocycles. The van der Waals surface area contributed by atoms with E-state index in [0.717, 1.165) is 0 Å². The summed E-state index contributed by atoms with van der Waals surface area (Å²) in [4.78, 5) is 12.5. The van der Waals surface area contributed by atoms with E-state index in [2.05, 4.69) is 10.2 Å². The van der Waals surface area contributed by atoms with Gasteiger partial charge in [0.2, 0.25) is 0 Å². The molecule has 0 fully saturated rings. The Bertz CT molecular complexity index is 686. The van der Waals surface area contributed by atoms with Crippen LogP contribution < -0.4 is 4.90 Å². The smallest absolute Gasteiger partial charge is 0.411 e. The Kier molecular flexibility index (Phi) is 3.10. The molecular formula is C13H11ClFN3O2. The summed E-state index contributed by atoms with van der Waals surface area (Å²) in [5.41, 5.74) is 1.60. The summed E-state index contributed by atoms with van der Waals surface area (Å²) in [5, 5.41) is 16.5. The minimum Gasteiger partial charge on any atom is -0.465 e. The summed E-state index contributed by atoms with van der Waals surface area (Å²) in [7, 11) is 0. The highest BCUT2D eigenvalue weighted by molar-refractivity contribution is 6.30. The molecule has 3 rings (SSSR count). The number of fused-ring (bicyclic) bond motifs is 1. The lowest BCUT2D eigenvalue weighted by Crippen LogP contribution is -2.34. The zero-order valence-electron chi connectivity index (χ0n) is 10.4. The molecule has 2 N–H and O–H groups in total. The number of halogens is 2. The van der Waals surface area contributed by atoms with Crippen LogP contribution in [0.1, 0.15) is 12.1 Å². The SMILES string of the molecule is O=C(O)N1CCCc2[nH]nc(-c3cc(Cl)ccc3F)c21. The van der Waals surface area contributed by atoms with E-state index in [1.807, 2.05) is 0 Å². The molecule has 2 heterocycles. The first kappa shape index (κ1) is 12.9. The number of anilines is 1. The van der Waals surface area contributed by atoms with E-state index in [-0.39, 0.29) is 11.3 Å². The number of nitrogens with one attached hydrogen (secondary N) is 1. The standard InChI is InChI=1S/C13H11ClFN3O2/c14-7-3-4-9(15)8(6-7)11-12-10(16-17-11)2-1-5-18(12)13(19)20/h3-4,6H,1-2,5H2,(H,16,17)(H,19,20). The van der Waals surface area contributed by atoms with Gasteiger partial charge in [-0.05, 0) is 31.0 Å². The lowest BCUT2D eigenvalue weighted by Gasteiger charge is -2.24. The molecule has 0 unspecified atom stereocenters. The Labute approximate surface area is 119 Å². The third kappa shape index (κ3) is 2.02. The molecule has 0 saturated heterocycles. The molecular weight excluding hydrogens is 285 g/mol. The summed E-state index contributed by atoms with van der Waals surface area (Å²) in [6.07, 6.45) is 0.323. The Morgan fingerprint density at radius 1 is 1.50 bits per heavy atom. The fourth-order valence-corrected chi connectivity index (χ4v) is 2.59. The highest BCUT2D eigenvalue weighted by atomic mass is 35.5. The van der Waals surface area contributed by atoms with E-state index in [1.165, 1.54) is 23.1 Å². The zero-order valence-corrected chi connectivity index (χ0v) is 11.1. The van der Waals surface area contributed by atoms with Gasteiger partial charge in [0, 0.05) is 17.1 Å². The van der Waals surface area contributed by atoms with Gasteiger partial charge in [-0.2, -0.15) is 5.10 Å². The van der Waals surface area contributed by atoms with Crippen LogP contribution in [0.25, 0.3) is 11.3 Å². The molecule has 1 amide bonds. The Morgan fingerprint density at radius 3 is 3.05 bits per heavy atom. The van der Waals surface area contributed by atoms with Crippen LogP contribution in [0.2, 0.25) is 5.02 Å². The van der Waals surface area contributed by atoms with Crippen molar-refractivity contribution in [3.05, 3.63) is 34.7 Å². The maximum atomic E-state index is 14.0. The highest BCUT2D eigenvalue weighted by Crippen LogP contribution is 2.37. The third-order valence-corrected chi connectivity index (χ3v) is 3.54. The van der Waals surface area contributed by atoms with Crippen molar-refractivity contribution in [1.29, 1.82) is 0 Å². The number of aryl methyl sites for hydroxylation is 1. The topological polar surface area (TPSA) is 69.2 Å². The molecule has 1 aliphatic heterocycles. The van der Waals surface area contributed by atoms with Crippen LogP contribution in [0.15, 0.2) is 18.2 Å². The number of carbonyl (C=O) groups is 1. The van der Waals surface area contributed by atoms with Crippen molar-refractivity contribution in [3.63, 3.8) is 0 Å². The van der Waals surface area contributed by atoms with Crippen molar-refractivity contribution in [3.8, 4) is 11.3 Å². The van der Waals surface area contributed by atoms with Crippen molar-refractivity contribution in [2.75, 3.05) is 11.4 Å². The van der Waals surface area contributed by atoms with Crippen molar-refractivity contribution in [2.45, 2.75) is 12.8 Å². The van der Waals surface area contributed by atoms with Crippen LogP contribution in [0, 0.1) is 5.82 Å². The molecule has 2 aromatic rings. The molecule has 0 saturated carbocycles. The number of carboxylic acid groups (broad SMARTS) is 1. The van der Waals surface area contributed by atoms with Gasteiger partial charge in [0.25, 0.3) is 0 Å². The minimum atomic E-state index is -1.07. The first-order chi connectivity index (χ1) is 9.58. The maximum absolute atomic E-state index is 14.0. The number of rotatable bonds is 1. The lowest BCUT2D eigenvalue weighted by molar-refractivity contribution is 0.201. The average molecular weight is 296 g/mol. The van der Waals surface area contributed by atoms with Crippen molar-refractivity contribution in [2.24, 2.45) is 0 Å². The predicted octanol–water partition coefficient (Wildman–Crippen LogP) is 3.30. The number of nitrogens with zero attached hydrogens (tertiary/aromatic N) is 2. The molecule has 1 aromatic carbocycles. The number of hydrogen-bond acceptors (Lipinski definition) is 2. The summed E-state index contributed by atoms with van der Waals surface area (Å²) in [6.45, 7) is 0.372. The van der Waals surface area contributed by atoms with Gasteiger partial charge in [0.1, 0.15) is 11.5 Å². The van der Waals surface area contributed by atoms with Gasteiger partial charge in [-0.25, -0.2) is 9.18 Å². The van der Waals surface area contributed by atoms with Crippen LogP contribution >= 0.6 is 11.6 Å². The summed E-state index contributed by atoms with van der Waals surface area (Å²) in [5.74, 6) is -0.486. The number of H-pyrrole nitrogens is 1. The van der Waals surface area contributed by atoms with E-state index < -0.39 is 11.9 Å². The van der Waals surface area contributed by atoms with Crippen LogP contribution in [0.5, 0.6) is 0 Å². The normalized spacial score (nSPS) is 14.2. The lowest BCUT2D eigenvalue weighted by atomic mass is 10.0. The number of amides is 1.